The molecule has 15 rings (SSSR count). The quantitative estimate of drug-likeness (QED) is 0.0104. The second-order valence-electron chi connectivity index (χ2n) is 24.9. The van der Waals surface area contributed by atoms with Gasteiger partial charge in [-0.25, -0.2) is 26.4 Å². The van der Waals surface area contributed by atoms with Crippen molar-refractivity contribution < 1.29 is 50.0 Å². The SMILES string of the molecule is CC1=C2C=Cc3c(C)cc(S(=O)(=O)[O-])c4c3C2C(=CC4)C(N)=C1.CCN(CC)c1ccc2cc(C(=O)CN)c(=O)oc2c1.CN(C)c1cccc2c(S(=O)(=O)NN)cccc12.Cl.Cl.NCc1c(O)ccc2c(-c3ccccc3C(=O)O)c3ccc(=O)cc-3oc12.Nc1ccc2[nH]c3ccccc3c(=O)c2c1. The Morgan fingerprint density at radius 3 is 2.08 bits per heavy atom. The summed E-state index contributed by atoms with van der Waals surface area (Å²) < 4.78 is 70.0. The number of aryl methyl sites for hydroxylation is 1. The number of halogens is 2. The maximum atomic E-state index is 12.2. The molecule has 14 N–H and O–H groups in total. The van der Waals surface area contributed by atoms with Gasteiger partial charge in [-0.05, 0) is 182 Å². The van der Waals surface area contributed by atoms with E-state index in [1.165, 1.54) is 36.4 Å². The number of fused-ring (bicyclic) bond motifs is 6. The fourth-order valence-electron chi connectivity index (χ4n) is 13.4. The number of anilines is 3. The molecule has 1 atom stereocenters. The van der Waals surface area contributed by atoms with Gasteiger partial charge < -0.3 is 61.3 Å². The summed E-state index contributed by atoms with van der Waals surface area (Å²) in [6, 6.07) is 46.3. The predicted octanol–water partition coefficient (Wildman–Crippen LogP) is 12.0. The minimum atomic E-state index is -4.51. The van der Waals surface area contributed by atoms with E-state index in [0.717, 1.165) is 85.4 Å². The predicted molar refractivity (Wildman–Crippen MR) is 422 cm³/mol. The van der Waals surface area contributed by atoms with Gasteiger partial charge in [-0.1, -0.05) is 72.8 Å². The van der Waals surface area contributed by atoms with Crippen LogP contribution in [0.5, 0.6) is 5.75 Å². The van der Waals surface area contributed by atoms with E-state index < -0.39 is 37.5 Å². The number of aromatic carboxylic acids is 1. The number of hydrazine groups is 1. The van der Waals surface area contributed by atoms with Gasteiger partial charge in [0.25, 0.3) is 10.0 Å². The van der Waals surface area contributed by atoms with Crippen LogP contribution in [0.3, 0.4) is 0 Å². The van der Waals surface area contributed by atoms with Gasteiger partial charge in [-0.2, -0.15) is 4.83 Å². The van der Waals surface area contributed by atoms with Gasteiger partial charge in [0.1, 0.15) is 38.4 Å². The zero-order valence-corrected chi connectivity index (χ0v) is 61.5. The van der Waals surface area contributed by atoms with Gasteiger partial charge in [0.2, 0.25) is 0 Å². The number of pyridine rings is 1. The molecule has 27 heteroatoms. The second-order valence-corrected chi connectivity index (χ2v) is 27.9. The Kier molecular flexibility index (Phi) is 24.1. The van der Waals surface area contributed by atoms with Crippen LogP contribution < -0.4 is 59.9 Å². The number of nitrogens with zero attached hydrogens (tertiary/aromatic N) is 2. The fraction of sp³-hybridized carbons (Fsp3) is 0.152. The summed E-state index contributed by atoms with van der Waals surface area (Å²) in [5.41, 5.74) is 36.6. The van der Waals surface area contributed by atoms with Crippen LogP contribution in [-0.2, 0) is 33.1 Å². The van der Waals surface area contributed by atoms with E-state index in [4.69, 9.17) is 37.6 Å². The van der Waals surface area contributed by atoms with Crippen LogP contribution in [0.4, 0.5) is 17.1 Å². The number of Topliss-reactive ketones (excluding diaryl/α,β-unsaturated/α-hetero) is 1. The van der Waals surface area contributed by atoms with Crippen LogP contribution in [-0.4, -0.2) is 82.1 Å². The van der Waals surface area contributed by atoms with E-state index in [-0.39, 0.29) is 81.3 Å². The molecule has 0 saturated carbocycles. The lowest BCUT2D eigenvalue weighted by molar-refractivity contribution is 0.0697. The topological polar surface area (TPSA) is 408 Å². The lowest BCUT2D eigenvalue weighted by atomic mass is 9.68. The second kappa shape index (κ2) is 32.4. The number of aromatic nitrogens is 1. The monoisotopic (exact) mass is 1510 g/mol. The third-order valence-electron chi connectivity index (χ3n) is 18.4. The first-order valence-corrected chi connectivity index (χ1v) is 35.7. The highest BCUT2D eigenvalue weighted by molar-refractivity contribution is 7.89. The van der Waals surface area contributed by atoms with Crippen LogP contribution in [0, 0.1) is 6.92 Å². The molecule has 106 heavy (non-hydrogen) atoms. The number of carbonyl (C=O) groups excluding carboxylic acids is 1. The number of carboxylic acid groups (broad SMARTS) is 1. The normalized spacial score (nSPS) is 13.2. The number of rotatable bonds is 12. The number of nitrogen functional groups attached to an aromatic ring is 1. The number of phenolic OH excluding ortho intramolecular Hbond substituents is 1. The lowest BCUT2D eigenvalue weighted by Gasteiger charge is -2.37. The van der Waals surface area contributed by atoms with Gasteiger partial charge in [-0.15, -0.1) is 24.8 Å². The lowest BCUT2D eigenvalue weighted by Crippen LogP contribution is -2.30. The number of aromatic amines is 1. The molecule has 0 fully saturated rings. The molecule has 0 spiro atoms. The molecule has 0 saturated heterocycles. The van der Waals surface area contributed by atoms with Crippen molar-refractivity contribution in [2.45, 2.75) is 56.4 Å². The standard InChI is InChI=1S/C21H15NO5.C18H17NO3S.C15H18N2O3.C13H10N2O.C12H15N3O2S.2ClH/c22-10-16-17(24)8-7-15-19(12-3-1-2-4-13(12)21(25)26)14-6-5-11(23)9-18(14)27-20(15)16;1-9-7-15(19)13-5-6-14-16(23(20,21)22)8-10(2)12-4-3-11(9)17(13)18(12)14;1-3-17(4-2)11-6-5-10-7-12(13(18)9-16)15(19)20-14(10)8-11;14-8-5-6-12-10(7-8)13(16)9-3-1-2-4-11(9)15-12;1-15(2)11-7-3-6-10-9(11)5-4-8-12(10)18(16,17)14-13;;/h1-9,24H,10,22H2,(H,25,26);3-5,7-8,17H,6,19H2,1-2H3,(H,20,21,22);5-8H,3-4,9,16H2,1-2H3;1-7H,14H2,(H,15,16);3-8,14H,13H2,1-2H3;2*1H/p-1. The van der Waals surface area contributed by atoms with Crippen LogP contribution in [0.2, 0.25) is 0 Å². The molecule has 4 aliphatic carbocycles. The number of hydrogen-bond acceptors (Lipinski definition) is 20. The molecule has 0 bridgehead atoms. The molecule has 0 radical (unpaired) electrons. The van der Waals surface area contributed by atoms with Gasteiger partial charge >= 0.3 is 11.6 Å². The van der Waals surface area contributed by atoms with E-state index in [1.54, 1.807) is 60.7 Å². The number of carboxylic acids is 1. The summed E-state index contributed by atoms with van der Waals surface area (Å²) in [5, 5.41) is 24.0. The van der Waals surface area contributed by atoms with E-state index in [2.05, 4.69) is 29.8 Å². The van der Waals surface area contributed by atoms with Crippen molar-refractivity contribution in [1.82, 2.24) is 9.82 Å². The molecular formula is C79H76Cl2N9O14S2-. The largest absolute Gasteiger partial charge is 0.744 e. The number of hydrogen-bond donors (Lipinski definition) is 9. The summed E-state index contributed by atoms with van der Waals surface area (Å²) in [6.07, 6.45) is 8.42. The highest BCUT2D eigenvalue weighted by Crippen LogP contribution is 2.51. The van der Waals surface area contributed by atoms with Crippen molar-refractivity contribution >= 4 is 134 Å². The highest BCUT2D eigenvalue weighted by Gasteiger charge is 2.37. The number of nitrogens with one attached hydrogen (secondary N) is 2. The first-order chi connectivity index (χ1) is 49.6. The molecule has 10 aromatic rings. The number of nitrogens with two attached hydrogens (primary N) is 5. The number of H-pyrrole nitrogens is 1. The molecule has 548 valence electrons. The Balaban J connectivity index is 0.000000154. The summed E-state index contributed by atoms with van der Waals surface area (Å²) in [5.74, 6) is 3.81. The summed E-state index contributed by atoms with van der Waals surface area (Å²) in [7, 11) is -4.34. The highest BCUT2D eigenvalue weighted by atomic mass is 35.5. The number of allylic oxidation sites excluding steroid dienone is 6. The molecule has 3 heterocycles. The molecule has 0 amide bonds. The molecular weight excluding hydrogens is 1430 g/mol. The average Bonchev–Trinajstić information content (AvgIpc) is 0.728. The van der Waals surface area contributed by atoms with Crippen LogP contribution in [0.1, 0.15) is 75.2 Å². The zero-order valence-electron chi connectivity index (χ0n) is 58.2. The van der Waals surface area contributed by atoms with Crippen molar-refractivity contribution in [2.75, 3.05) is 49.3 Å². The van der Waals surface area contributed by atoms with Crippen molar-refractivity contribution in [3.8, 4) is 28.2 Å². The molecule has 1 unspecified atom stereocenters. The number of ketones is 1. The summed E-state index contributed by atoms with van der Waals surface area (Å²) >= 11 is 0. The minimum absolute atomic E-state index is 0. The molecule has 23 nitrogen and oxygen atoms in total. The van der Waals surface area contributed by atoms with Gasteiger partial charge in [0.15, 0.2) is 16.6 Å². The number of benzene rings is 9. The third-order valence-corrected chi connectivity index (χ3v) is 20.5. The van der Waals surface area contributed by atoms with Gasteiger partial charge in [0, 0.05) is 129 Å². The van der Waals surface area contributed by atoms with Crippen molar-refractivity contribution in [2.24, 2.45) is 23.0 Å². The van der Waals surface area contributed by atoms with E-state index in [0.29, 0.717) is 78.4 Å². The van der Waals surface area contributed by atoms with Gasteiger partial charge in [0.05, 0.1) is 27.5 Å². The summed E-state index contributed by atoms with van der Waals surface area (Å²) in [6.45, 7) is 9.54. The molecule has 1 aliphatic heterocycles. The Bertz CT molecular complexity index is 6030. The number of para-hydroxylation sites is 1. The van der Waals surface area contributed by atoms with Crippen molar-refractivity contribution in [3.63, 3.8) is 0 Å². The third kappa shape index (κ3) is 15.6. The van der Waals surface area contributed by atoms with E-state index in [1.807, 2.05) is 123 Å². The zero-order chi connectivity index (χ0) is 74.8. The Morgan fingerprint density at radius 2 is 1.40 bits per heavy atom. The van der Waals surface area contributed by atoms with Crippen LogP contribution in [0.25, 0.3) is 83.0 Å². The Hall–Kier alpha value is -11.2. The van der Waals surface area contributed by atoms with Crippen molar-refractivity contribution in [3.05, 3.63) is 274 Å². The average molecular weight is 1510 g/mol. The maximum Gasteiger partial charge on any atom is 0.347 e. The maximum absolute atomic E-state index is 12.2. The number of sulfonamides is 1. The Morgan fingerprint density at radius 1 is 0.708 bits per heavy atom. The van der Waals surface area contributed by atoms with Crippen LogP contribution >= 0.6 is 24.8 Å². The molecule has 8 aromatic carbocycles. The Labute approximate surface area is 621 Å². The van der Waals surface area contributed by atoms with Crippen LogP contribution in [0.15, 0.2) is 237 Å². The first kappa shape index (κ1) is 78.9. The first-order valence-electron chi connectivity index (χ1n) is 32.8. The molecule has 2 aromatic heterocycles. The van der Waals surface area contributed by atoms with E-state index in [9.17, 15) is 55.6 Å². The van der Waals surface area contributed by atoms with Crippen molar-refractivity contribution in [1.29, 1.82) is 0 Å². The van der Waals surface area contributed by atoms with E-state index >= 15 is 0 Å². The number of phenols is 1. The number of carbonyl (C=O) groups is 2. The number of aromatic hydroxyl groups is 1. The summed E-state index contributed by atoms with van der Waals surface area (Å²) in [4.78, 5) is 68.4. The minimum Gasteiger partial charge on any atom is -0.744 e. The smallest absolute Gasteiger partial charge is 0.347 e. The molecule has 5 aliphatic rings. The van der Waals surface area contributed by atoms with Gasteiger partial charge in [-0.3, -0.25) is 20.2 Å². The fourth-order valence-corrected chi connectivity index (χ4v) is 15.1.